The van der Waals surface area contributed by atoms with Gasteiger partial charge in [0.15, 0.2) is 0 Å². The molecule has 0 aliphatic rings. The molecule has 0 spiro atoms. The van der Waals surface area contributed by atoms with Gasteiger partial charge in [0, 0.05) is 17.4 Å². The standard InChI is InChI=1S/C13H17ClO3/c1-10(16)17-9-13(2,8-15)7-11-3-5-12(14)6-4-11/h3-6,15H,7-9H2,1-2H3. The number of aliphatic hydroxyl groups is 1. The predicted molar refractivity (Wildman–Crippen MR) is 67.0 cm³/mol. The number of rotatable bonds is 5. The minimum absolute atomic E-state index is 0.0388. The smallest absolute Gasteiger partial charge is 0.302 e. The molecule has 4 heteroatoms. The largest absolute Gasteiger partial charge is 0.465 e. The summed E-state index contributed by atoms with van der Waals surface area (Å²) in [6.45, 7) is 3.41. The summed E-state index contributed by atoms with van der Waals surface area (Å²) in [6.07, 6.45) is 0.633. The van der Waals surface area contributed by atoms with E-state index in [1.165, 1.54) is 6.92 Å². The second-order valence-corrected chi connectivity index (χ2v) is 4.99. The Morgan fingerprint density at radius 3 is 2.47 bits per heavy atom. The van der Waals surface area contributed by atoms with Gasteiger partial charge in [0.1, 0.15) is 0 Å². The summed E-state index contributed by atoms with van der Waals surface area (Å²) < 4.78 is 4.97. The van der Waals surface area contributed by atoms with E-state index in [1.54, 1.807) is 12.1 Å². The molecule has 0 radical (unpaired) electrons. The summed E-state index contributed by atoms with van der Waals surface area (Å²) in [5.41, 5.74) is 0.595. The van der Waals surface area contributed by atoms with E-state index in [1.807, 2.05) is 19.1 Å². The van der Waals surface area contributed by atoms with Gasteiger partial charge in [-0.05, 0) is 24.1 Å². The lowest BCUT2D eigenvalue weighted by Gasteiger charge is -2.26. The van der Waals surface area contributed by atoms with Crippen LogP contribution in [0.2, 0.25) is 5.02 Å². The van der Waals surface area contributed by atoms with Crippen molar-refractivity contribution in [3.63, 3.8) is 0 Å². The Kier molecular flexibility index (Phi) is 4.97. The van der Waals surface area contributed by atoms with Gasteiger partial charge in [0.2, 0.25) is 0 Å². The first kappa shape index (κ1) is 14.0. The molecule has 1 N–H and O–H groups in total. The van der Waals surface area contributed by atoms with Crippen LogP contribution in [0.3, 0.4) is 0 Å². The third kappa shape index (κ3) is 4.75. The molecule has 0 saturated heterocycles. The zero-order valence-corrected chi connectivity index (χ0v) is 10.8. The Hall–Kier alpha value is -1.06. The van der Waals surface area contributed by atoms with Crippen LogP contribution < -0.4 is 0 Å². The van der Waals surface area contributed by atoms with Gasteiger partial charge in [-0.25, -0.2) is 0 Å². The number of aliphatic hydroxyl groups excluding tert-OH is 1. The van der Waals surface area contributed by atoms with E-state index in [0.717, 1.165) is 5.56 Å². The fraction of sp³-hybridized carbons (Fsp3) is 0.462. The van der Waals surface area contributed by atoms with Crippen molar-refractivity contribution in [2.45, 2.75) is 20.3 Å². The lowest BCUT2D eigenvalue weighted by molar-refractivity contribution is -0.145. The normalized spacial score (nSPS) is 14.1. The molecule has 0 amide bonds. The fourth-order valence-electron chi connectivity index (χ4n) is 1.52. The molecule has 1 atom stereocenters. The van der Waals surface area contributed by atoms with Crippen LogP contribution in [0.5, 0.6) is 0 Å². The van der Waals surface area contributed by atoms with Crippen LogP contribution in [0, 0.1) is 5.41 Å². The van der Waals surface area contributed by atoms with E-state index in [9.17, 15) is 9.90 Å². The first-order valence-corrected chi connectivity index (χ1v) is 5.82. The van der Waals surface area contributed by atoms with Crippen LogP contribution in [0.1, 0.15) is 19.4 Å². The van der Waals surface area contributed by atoms with Crippen LogP contribution in [0.25, 0.3) is 0 Å². The molecule has 0 aromatic heterocycles. The van der Waals surface area contributed by atoms with Gasteiger partial charge in [0.05, 0.1) is 13.2 Å². The van der Waals surface area contributed by atoms with E-state index in [4.69, 9.17) is 16.3 Å². The third-order valence-corrected chi connectivity index (χ3v) is 2.80. The van der Waals surface area contributed by atoms with E-state index < -0.39 is 5.41 Å². The molecule has 0 bridgehead atoms. The van der Waals surface area contributed by atoms with Crippen LogP contribution in [0.15, 0.2) is 24.3 Å². The maximum absolute atomic E-state index is 10.8. The monoisotopic (exact) mass is 256 g/mol. The SMILES string of the molecule is CC(=O)OCC(C)(CO)Cc1ccc(Cl)cc1. The molecule has 1 aromatic carbocycles. The summed E-state index contributed by atoms with van der Waals surface area (Å²) in [7, 11) is 0. The molecule has 0 heterocycles. The molecule has 1 unspecified atom stereocenters. The van der Waals surface area contributed by atoms with Crippen molar-refractivity contribution in [3.05, 3.63) is 34.9 Å². The maximum atomic E-state index is 10.8. The Labute approximate surface area is 106 Å². The molecule has 0 fully saturated rings. The summed E-state index contributed by atoms with van der Waals surface area (Å²) in [5.74, 6) is -0.333. The second kappa shape index (κ2) is 6.03. The first-order valence-electron chi connectivity index (χ1n) is 5.44. The Bertz CT molecular complexity index is 375. The lowest BCUT2D eigenvalue weighted by Crippen LogP contribution is -2.31. The number of esters is 1. The van der Waals surface area contributed by atoms with Gasteiger partial charge in [-0.15, -0.1) is 0 Å². The number of halogens is 1. The van der Waals surface area contributed by atoms with Gasteiger partial charge in [-0.3, -0.25) is 4.79 Å². The van der Waals surface area contributed by atoms with E-state index in [2.05, 4.69) is 0 Å². The van der Waals surface area contributed by atoms with Crippen LogP contribution in [0.4, 0.5) is 0 Å². The molecule has 94 valence electrons. The predicted octanol–water partition coefficient (Wildman–Crippen LogP) is 2.44. The Morgan fingerprint density at radius 1 is 1.41 bits per heavy atom. The highest BCUT2D eigenvalue weighted by molar-refractivity contribution is 6.30. The molecular formula is C13H17ClO3. The highest BCUT2D eigenvalue weighted by Crippen LogP contribution is 2.23. The maximum Gasteiger partial charge on any atom is 0.302 e. The van der Waals surface area contributed by atoms with Gasteiger partial charge in [-0.1, -0.05) is 30.7 Å². The van der Waals surface area contributed by atoms with Crippen molar-refractivity contribution < 1.29 is 14.6 Å². The number of ether oxygens (including phenoxy) is 1. The summed E-state index contributed by atoms with van der Waals surface area (Å²) in [4.78, 5) is 10.8. The third-order valence-electron chi connectivity index (χ3n) is 2.55. The average Bonchev–Trinajstić information content (AvgIpc) is 2.30. The quantitative estimate of drug-likeness (QED) is 0.823. The molecule has 1 rings (SSSR count). The number of carbonyl (C=O) groups is 1. The minimum atomic E-state index is -0.459. The second-order valence-electron chi connectivity index (χ2n) is 4.55. The van der Waals surface area contributed by atoms with Gasteiger partial charge >= 0.3 is 5.97 Å². The highest BCUT2D eigenvalue weighted by atomic mass is 35.5. The summed E-state index contributed by atoms with van der Waals surface area (Å²) >= 11 is 5.80. The Balaban J connectivity index is 2.67. The molecule has 0 saturated carbocycles. The van der Waals surface area contributed by atoms with Gasteiger partial charge in [-0.2, -0.15) is 0 Å². The van der Waals surface area contributed by atoms with Crippen LogP contribution >= 0.6 is 11.6 Å². The molecule has 3 nitrogen and oxygen atoms in total. The van der Waals surface area contributed by atoms with Gasteiger partial charge < -0.3 is 9.84 Å². The van der Waals surface area contributed by atoms with Crippen LogP contribution in [-0.4, -0.2) is 24.3 Å². The topological polar surface area (TPSA) is 46.5 Å². The van der Waals surface area contributed by atoms with Crippen molar-refractivity contribution in [2.75, 3.05) is 13.2 Å². The molecule has 0 aliphatic heterocycles. The van der Waals surface area contributed by atoms with Crippen molar-refractivity contribution in [1.82, 2.24) is 0 Å². The number of carbonyl (C=O) groups excluding carboxylic acids is 1. The lowest BCUT2D eigenvalue weighted by atomic mass is 9.85. The molecular weight excluding hydrogens is 240 g/mol. The van der Waals surface area contributed by atoms with Crippen molar-refractivity contribution >= 4 is 17.6 Å². The first-order chi connectivity index (χ1) is 7.95. The van der Waals surface area contributed by atoms with Crippen molar-refractivity contribution in [1.29, 1.82) is 0 Å². The number of hydrogen-bond acceptors (Lipinski definition) is 3. The summed E-state index contributed by atoms with van der Waals surface area (Å²) in [6, 6.07) is 7.43. The van der Waals surface area contributed by atoms with E-state index >= 15 is 0 Å². The fourth-order valence-corrected chi connectivity index (χ4v) is 1.65. The zero-order valence-electron chi connectivity index (χ0n) is 10.1. The molecule has 17 heavy (non-hydrogen) atoms. The van der Waals surface area contributed by atoms with Crippen molar-refractivity contribution in [3.8, 4) is 0 Å². The Morgan fingerprint density at radius 2 is 2.00 bits per heavy atom. The molecule has 1 aromatic rings. The number of benzene rings is 1. The molecule has 0 aliphatic carbocycles. The van der Waals surface area contributed by atoms with E-state index in [0.29, 0.717) is 11.4 Å². The number of hydrogen-bond donors (Lipinski definition) is 1. The average molecular weight is 257 g/mol. The highest BCUT2D eigenvalue weighted by Gasteiger charge is 2.25. The van der Waals surface area contributed by atoms with Crippen molar-refractivity contribution in [2.24, 2.45) is 5.41 Å². The minimum Gasteiger partial charge on any atom is -0.465 e. The zero-order chi connectivity index (χ0) is 12.9. The van der Waals surface area contributed by atoms with Gasteiger partial charge in [0.25, 0.3) is 0 Å². The van der Waals surface area contributed by atoms with Crippen LogP contribution in [-0.2, 0) is 16.0 Å². The van der Waals surface area contributed by atoms with E-state index in [-0.39, 0.29) is 19.2 Å². The summed E-state index contributed by atoms with van der Waals surface area (Å²) in [5, 5.41) is 10.1.